The van der Waals surface area contributed by atoms with E-state index >= 15 is 0 Å². The Labute approximate surface area is 246 Å². The van der Waals surface area contributed by atoms with Crippen molar-refractivity contribution in [2.24, 2.45) is 10.4 Å². The molecule has 0 radical (unpaired) electrons. The van der Waals surface area contributed by atoms with Gasteiger partial charge in [-0.2, -0.15) is 0 Å². The van der Waals surface area contributed by atoms with Gasteiger partial charge >= 0.3 is 6.09 Å². The second-order valence-corrected chi connectivity index (χ2v) is 24.9. The summed E-state index contributed by atoms with van der Waals surface area (Å²) in [5.41, 5.74) is 2.19. The first-order valence-electron chi connectivity index (χ1n) is 14.9. The quantitative estimate of drug-likeness (QED) is 0.147. The first-order valence-corrected chi connectivity index (χ1v) is 19.9. The number of rotatable bonds is 11. The molecule has 0 spiro atoms. The van der Waals surface area contributed by atoms with E-state index in [-0.39, 0.29) is 29.2 Å². The topological polar surface area (TPSA) is 60.4 Å². The Balaban J connectivity index is 2.60. The molecule has 1 heterocycles. The first kappa shape index (κ1) is 34.3. The molecule has 2 atom stereocenters. The fraction of sp³-hybridized carbons (Fsp3) is 0.688. The Kier molecular flexibility index (Phi) is 11.1. The van der Waals surface area contributed by atoms with Crippen LogP contribution in [0.15, 0.2) is 47.4 Å². The number of ether oxygens (including phenoxy) is 1. The number of amides is 1. The fourth-order valence-corrected chi connectivity index (χ4v) is 11.9. The molecule has 226 valence electrons. The van der Waals surface area contributed by atoms with Crippen molar-refractivity contribution in [3.8, 4) is 0 Å². The van der Waals surface area contributed by atoms with Crippen LogP contribution in [0.3, 0.4) is 0 Å². The lowest BCUT2D eigenvalue weighted by Gasteiger charge is -2.46. The lowest BCUT2D eigenvalue weighted by atomic mass is 9.90. The molecule has 1 aliphatic heterocycles. The van der Waals surface area contributed by atoms with Crippen LogP contribution < -0.4 is 0 Å². The molecule has 0 aliphatic carbocycles. The molecule has 1 fully saturated rings. The number of hydrogen-bond donors (Lipinski definition) is 0. The lowest BCUT2D eigenvalue weighted by Crippen LogP contribution is -2.53. The molecular weight excluding hydrogens is 533 g/mol. The van der Waals surface area contributed by atoms with Gasteiger partial charge in [-0.25, -0.2) is 9.79 Å². The summed E-state index contributed by atoms with van der Waals surface area (Å²) < 4.78 is 19.5. The number of carbonyl (C=O) groups excluding carboxylic acids is 1. The third kappa shape index (κ3) is 7.88. The summed E-state index contributed by atoms with van der Waals surface area (Å²) in [5.74, 6) is 0.426. The highest BCUT2D eigenvalue weighted by Gasteiger charge is 2.48. The standard InChI is InChI=1S/C32H56N2O4Si2/c1-23(2)40(24(3)4,25(5)6)37-28(31(7,8)9)20-33-29(38-39(13,14)32(10,11)12)21-34-27(22-36-30(34)35)26-18-16-15-17-19-26/h15-21,23-25,27-28H,22H2,1-14H3/b29-21-,33-20+/t27-,28-/m1/s1. The first-order chi connectivity index (χ1) is 18.2. The summed E-state index contributed by atoms with van der Waals surface area (Å²) in [4.78, 5) is 19.5. The molecule has 1 aliphatic rings. The number of hydrogen-bond acceptors (Lipinski definition) is 5. The highest BCUT2D eigenvalue weighted by molar-refractivity contribution is 6.77. The summed E-state index contributed by atoms with van der Waals surface area (Å²) in [6, 6.07) is 9.72. The van der Waals surface area contributed by atoms with E-state index in [1.807, 2.05) is 36.5 Å². The van der Waals surface area contributed by atoms with Crippen molar-refractivity contribution in [1.29, 1.82) is 0 Å². The van der Waals surface area contributed by atoms with Crippen molar-refractivity contribution in [3.63, 3.8) is 0 Å². The van der Waals surface area contributed by atoms with Gasteiger partial charge in [-0.15, -0.1) is 0 Å². The van der Waals surface area contributed by atoms with Crippen LogP contribution in [0.1, 0.15) is 94.7 Å². The maximum absolute atomic E-state index is 12.9. The molecule has 1 amide bonds. The monoisotopic (exact) mass is 588 g/mol. The number of cyclic esters (lactones) is 1. The van der Waals surface area contributed by atoms with Crippen molar-refractivity contribution in [1.82, 2.24) is 4.90 Å². The number of benzene rings is 1. The van der Waals surface area contributed by atoms with Crippen LogP contribution in [0.4, 0.5) is 4.79 Å². The van der Waals surface area contributed by atoms with Crippen molar-refractivity contribution in [3.05, 3.63) is 48.0 Å². The van der Waals surface area contributed by atoms with Crippen LogP contribution in [-0.4, -0.2) is 46.6 Å². The molecule has 1 saturated heterocycles. The van der Waals surface area contributed by atoms with Crippen molar-refractivity contribution >= 4 is 28.9 Å². The Hall–Kier alpha value is -1.91. The van der Waals surface area contributed by atoms with Crippen molar-refractivity contribution in [2.45, 2.75) is 130 Å². The normalized spacial score (nSPS) is 18.8. The van der Waals surface area contributed by atoms with Crippen LogP contribution in [-0.2, 0) is 13.6 Å². The highest BCUT2D eigenvalue weighted by Crippen LogP contribution is 2.45. The molecule has 0 N–H and O–H groups in total. The summed E-state index contributed by atoms with van der Waals surface area (Å²) >= 11 is 0. The predicted octanol–water partition coefficient (Wildman–Crippen LogP) is 9.68. The molecule has 1 aromatic carbocycles. The van der Waals surface area contributed by atoms with Crippen LogP contribution in [0.25, 0.3) is 0 Å². The molecule has 0 aromatic heterocycles. The van der Waals surface area contributed by atoms with Crippen LogP contribution in [0.2, 0.25) is 34.8 Å². The Morgan fingerprint density at radius 3 is 1.95 bits per heavy atom. The van der Waals surface area contributed by atoms with Gasteiger partial charge in [-0.05, 0) is 45.7 Å². The van der Waals surface area contributed by atoms with E-state index in [2.05, 4.69) is 96.2 Å². The summed E-state index contributed by atoms with van der Waals surface area (Å²) in [7, 11) is -4.45. The van der Waals surface area contributed by atoms with Gasteiger partial charge in [-0.1, -0.05) is 113 Å². The Morgan fingerprint density at radius 1 is 0.975 bits per heavy atom. The van der Waals surface area contributed by atoms with E-state index in [1.54, 1.807) is 11.1 Å². The maximum Gasteiger partial charge on any atom is 0.414 e. The molecule has 6 nitrogen and oxygen atoms in total. The number of aliphatic imine (C=N–C) groups is 1. The zero-order chi connectivity index (χ0) is 30.7. The van der Waals surface area contributed by atoms with E-state index in [0.717, 1.165) is 5.56 Å². The molecular formula is C32H56N2O4Si2. The number of carbonyl (C=O) groups is 1. The van der Waals surface area contributed by atoms with Gasteiger partial charge in [0, 0.05) is 6.21 Å². The van der Waals surface area contributed by atoms with Crippen LogP contribution >= 0.6 is 0 Å². The molecule has 40 heavy (non-hydrogen) atoms. The molecule has 1 aromatic rings. The van der Waals surface area contributed by atoms with Gasteiger partial charge in [0.15, 0.2) is 0 Å². The van der Waals surface area contributed by atoms with Gasteiger partial charge in [0.2, 0.25) is 14.2 Å². The van der Waals surface area contributed by atoms with E-state index in [4.69, 9.17) is 18.6 Å². The van der Waals surface area contributed by atoms with Gasteiger partial charge in [0.05, 0.1) is 18.3 Å². The SMILES string of the molecule is CC(C)[Si](O[C@H](/C=N/C(=C/N1C(=O)OC[C@@H]1c1ccccc1)O[Si](C)(C)C(C)(C)C)C(C)(C)C)(C(C)C)C(C)C. The van der Waals surface area contributed by atoms with Crippen molar-refractivity contribution in [2.75, 3.05) is 6.61 Å². The third-order valence-corrected chi connectivity index (χ3v) is 19.1. The third-order valence-electron chi connectivity index (χ3n) is 8.74. The molecule has 0 saturated carbocycles. The summed E-state index contributed by atoms with van der Waals surface area (Å²) in [5, 5.41) is -0.0408. The minimum atomic E-state index is -2.27. The van der Waals surface area contributed by atoms with Gasteiger partial charge in [0.25, 0.3) is 8.32 Å². The predicted molar refractivity (Wildman–Crippen MR) is 173 cm³/mol. The van der Waals surface area contributed by atoms with E-state index < -0.39 is 22.7 Å². The van der Waals surface area contributed by atoms with E-state index in [9.17, 15) is 4.79 Å². The highest BCUT2D eigenvalue weighted by atomic mass is 28.4. The molecule has 0 bridgehead atoms. The second-order valence-electron chi connectivity index (χ2n) is 14.7. The lowest BCUT2D eigenvalue weighted by molar-refractivity contribution is 0.128. The second kappa shape index (κ2) is 12.9. The molecule has 2 rings (SSSR count). The average Bonchev–Trinajstić information content (AvgIpc) is 3.17. The molecule has 0 unspecified atom stereocenters. The van der Waals surface area contributed by atoms with Gasteiger partial charge in [-0.3, -0.25) is 4.90 Å². The minimum absolute atomic E-state index is 0.0408. The van der Waals surface area contributed by atoms with E-state index in [1.165, 1.54) is 0 Å². The summed E-state index contributed by atoms with van der Waals surface area (Å²) in [6.07, 6.45) is 3.05. The minimum Gasteiger partial charge on any atom is -0.530 e. The number of nitrogens with zero attached hydrogens (tertiary/aromatic N) is 2. The Bertz CT molecular complexity index is 1020. The fourth-order valence-electron chi connectivity index (χ4n) is 5.33. The van der Waals surface area contributed by atoms with Gasteiger partial charge in [0.1, 0.15) is 6.61 Å². The van der Waals surface area contributed by atoms with Crippen molar-refractivity contribution < 1.29 is 18.4 Å². The smallest absolute Gasteiger partial charge is 0.414 e. The zero-order valence-corrected chi connectivity index (χ0v) is 29.7. The van der Waals surface area contributed by atoms with Crippen LogP contribution in [0, 0.1) is 5.41 Å². The average molecular weight is 589 g/mol. The maximum atomic E-state index is 12.9. The molecule has 8 heteroatoms. The van der Waals surface area contributed by atoms with Crippen LogP contribution in [0.5, 0.6) is 0 Å². The largest absolute Gasteiger partial charge is 0.530 e. The van der Waals surface area contributed by atoms with E-state index in [0.29, 0.717) is 22.5 Å². The Morgan fingerprint density at radius 2 is 1.50 bits per heavy atom. The zero-order valence-electron chi connectivity index (χ0n) is 27.7. The summed E-state index contributed by atoms with van der Waals surface area (Å²) in [6.45, 7) is 31.7. The van der Waals surface area contributed by atoms with Gasteiger partial charge < -0.3 is 13.6 Å².